The van der Waals surface area contributed by atoms with Crippen molar-refractivity contribution in [2.75, 3.05) is 5.73 Å². The van der Waals surface area contributed by atoms with E-state index in [2.05, 4.69) is 31.4 Å². The van der Waals surface area contributed by atoms with Crippen LogP contribution in [0.15, 0.2) is 22.9 Å². The Hall–Kier alpha value is -1.76. The molecule has 2 heterocycles. The Morgan fingerprint density at radius 2 is 2.47 bits per heavy atom. The molecule has 1 amide bonds. The number of hydrogen-bond donors (Lipinski definition) is 3. The summed E-state index contributed by atoms with van der Waals surface area (Å²) in [7, 11) is 1.81. The predicted octanol–water partition coefficient (Wildman–Crippen LogP) is 1.02. The Bertz CT molecular complexity index is 545. The van der Waals surface area contributed by atoms with Gasteiger partial charge in [0, 0.05) is 29.8 Å². The highest BCUT2D eigenvalue weighted by atomic mass is 79.9. The summed E-state index contributed by atoms with van der Waals surface area (Å²) >= 11 is 3.32. The van der Waals surface area contributed by atoms with Crippen molar-refractivity contribution >= 4 is 27.7 Å². The van der Waals surface area contributed by atoms with Gasteiger partial charge in [0.1, 0.15) is 11.5 Å². The van der Waals surface area contributed by atoms with Crippen LogP contribution in [0.4, 0.5) is 5.82 Å². The third-order valence-electron chi connectivity index (χ3n) is 2.39. The Morgan fingerprint density at radius 3 is 3.00 bits per heavy atom. The highest BCUT2D eigenvalue weighted by Gasteiger charge is 2.11. The van der Waals surface area contributed by atoms with Gasteiger partial charge < -0.3 is 15.6 Å². The maximum Gasteiger partial charge on any atom is 0.268 e. The van der Waals surface area contributed by atoms with Crippen LogP contribution >= 0.6 is 15.9 Å². The summed E-state index contributed by atoms with van der Waals surface area (Å²) in [6.07, 6.45) is 3.41. The monoisotopic (exact) mass is 297 g/mol. The molecule has 4 N–H and O–H groups in total. The predicted molar refractivity (Wildman–Crippen MR) is 67.3 cm³/mol. The highest BCUT2D eigenvalue weighted by Crippen LogP contribution is 2.13. The van der Waals surface area contributed by atoms with Crippen molar-refractivity contribution in [2.45, 2.75) is 6.54 Å². The van der Waals surface area contributed by atoms with Gasteiger partial charge in [-0.15, -0.1) is 0 Å². The van der Waals surface area contributed by atoms with Crippen molar-refractivity contribution in [3.05, 3.63) is 34.2 Å². The van der Waals surface area contributed by atoms with Crippen LogP contribution < -0.4 is 11.1 Å². The lowest BCUT2D eigenvalue weighted by atomic mass is 10.3. The molecular weight excluding hydrogens is 286 g/mol. The second-order valence-electron chi connectivity index (χ2n) is 3.65. The largest absolute Gasteiger partial charge is 0.384 e. The topological polar surface area (TPSA) is 88.7 Å². The zero-order valence-corrected chi connectivity index (χ0v) is 10.8. The zero-order valence-electron chi connectivity index (χ0n) is 9.20. The molecule has 0 bridgehead atoms. The van der Waals surface area contributed by atoms with Crippen molar-refractivity contribution in [1.29, 1.82) is 0 Å². The van der Waals surface area contributed by atoms with Gasteiger partial charge in [0.05, 0.1) is 6.20 Å². The van der Waals surface area contributed by atoms with Gasteiger partial charge in [0.15, 0.2) is 0 Å². The average molecular weight is 298 g/mol. The molecule has 0 fully saturated rings. The smallest absolute Gasteiger partial charge is 0.268 e. The lowest BCUT2D eigenvalue weighted by Gasteiger charge is -2.04. The Kier molecular flexibility index (Phi) is 3.19. The standard InChI is InChI=1S/C10H12BrN5O/c1-16-5-7(11)2-8(16)10(17)13-3-6-4-14-15-9(6)12/h2,4-5H,3H2,1H3,(H,13,17)(H3,12,14,15). The van der Waals surface area contributed by atoms with Gasteiger partial charge in [-0.2, -0.15) is 5.10 Å². The van der Waals surface area contributed by atoms with Crippen molar-refractivity contribution < 1.29 is 4.79 Å². The molecule has 0 radical (unpaired) electrons. The Morgan fingerprint density at radius 1 is 1.71 bits per heavy atom. The number of anilines is 1. The third-order valence-corrected chi connectivity index (χ3v) is 2.83. The highest BCUT2D eigenvalue weighted by molar-refractivity contribution is 9.10. The normalized spacial score (nSPS) is 10.5. The fourth-order valence-corrected chi connectivity index (χ4v) is 2.00. The number of halogens is 1. The fraction of sp³-hybridized carbons (Fsp3) is 0.200. The second-order valence-corrected chi connectivity index (χ2v) is 4.56. The minimum atomic E-state index is -0.154. The quantitative estimate of drug-likeness (QED) is 0.790. The van der Waals surface area contributed by atoms with E-state index in [0.29, 0.717) is 18.1 Å². The van der Waals surface area contributed by atoms with E-state index in [9.17, 15) is 4.79 Å². The number of aromatic nitrogens is 3. The molecule has 2 aromatic rings. The molecule has 0 aliphatic heterocycles. The average Bonchev–Trinajstić information content (AvgIpc) is 2.81. The molecule has 7 heteroatoms. The SMILES string of the molecule is Cn1cc(Br)cc1C(=O)NCc1cn[nH]c1N. The number of carbonyl (C=O) groups is 1. The van der Waals surface area contributed by atoms with Crippen LogP contribution in [-0.2, 0) is 13.6 Å². The maximum absolute atomic E-state index is 11.9. The fourth-order valence-electron chi connectivity index (χ4n) is 1.48. The van der Waals surface area contributed by atoms with Gasteiger partial charge >= 0.3 is 0 Å². The molecular formula is C10H12BrN5O. The van der Waals surface area contributed by atoms with Crippen LogP contribution in [0.2, 0.25) is 0 Å². The van der Waals surface area contributed by atoms with E-state index in [1.807, 2.05) is 13.2 Å². The van der Waals surface area contributed by atoms with E-state index in [-0.39, 0.29) is 5.91 Å². The maximum atomic E-state index is 11.9. The first-order chi connectivity index (χ1) is 8.08. The van der Waals surface area contributed by atoms with E-state index in [0.717, 1.165) is 10.0 Å². The number of aryl methyl sites for hydroxylation is 1. The molecule has 0 aromatic carbocycles. The molecule has 2 aromatic heterocycles. The zero-order chi connectivity index (χ0) is 12.4. The number of H-pyrrole nitrogens is 1. The number of amides is 1. The van der Waals surface area contributed by atoms with E-state index in [4.69, 9.17) is 5.73 Å². The number of rotatable bonds is 3. The molecule has 6 nitrogen and oxygen atoms in total. The van der Waals surface area contributed by atoms with Crippen LogP contribution in [0.25, 0.3) is 0 Å². The van der Waals surface area contributed by atoms with Crippen LogP contribution in [0.1, 0.15) is 16.1 Å². The van der Waals surface area contributed by atoms with Gasteiger partial charge in [-0.1, -0.05) is 0 Å². The Labute approximate surface area is 106 Å². The number of nitrogens with zero attached hydrogens (tertiary/aromatic N) is 2. The molecule has 0 aliphatic rings. The van der Waals surface area contributed by atoms with Gasteiger partial charge in [-0.05, 0) is 22.0 Å². The minimum absolute atomic E-state index is 0.154. The summed E-state index contributed by atoms with van der Waals surface area (Å²) in [4.78, 5) is 11.9. The molecule has 0 spiro atoms. The summed E-state index contributed by atoms with van der Waals surface area (Å²) < 4.78 is 2.62. The number of carbonyl (C=O) groups excluding carboxylic acids is 1. The third kappa shape index (κ3) is 2.50. The van der Waals surface area contributed by atoms with Crippen LogP contribution in [0, 0.1) is 0 Å². The second kappa shape index (κ2) is 4.62. The number of nitrogen functional groups attached to an aromatic ring is 1. The van der Waals surface area contributed by atoms with E-state index in [1.54, 1.807) is 16.8 Å². The van der Waals surface area contributed by atoms with Gasteiger partial charge in [-0.3, -0.25) is 9.89 Å². The van der Waals surface area contributed by atoms with Crippen molar-refractivity contribution in [1.82, 2.24) is 20.1 Å². The molecule has 0 aliphatic carbocycles. The minimum Gasteiger partial charge on any atom is -0.384 e. The van der Waals surface area contributed by atoms with Crippen molar-refractivity contribution in [3.8, 4) is 0 Å². The van der Waals surface area contributed by atoms with Gasteiger partial charge in [-0.25, -0.2) is 0 Å². The summed E-state index contributed by atoms with van der Waals surface area (Å²) in [6.45, 7) is 0.351. The first-order valence-electron chi connectivity index (χ1n) is 4.95. The number of nitrogens with one attached hydrogen (secondary N) is 2. The summed E-state index contributed by atoms with van der Waals surface area (Å²) in [5, 5.41) is 9.17. The molecule has 2 rings (SSSR count). The molecule has 0 atom stereocenters. The van der Waals surface area contributed by atoms with Crippen LogP contribution in [-0.4, -0.2) is 20.7 Å². The number of hydrogen-bond acceptors (Lipinski definition) is 3. The lowest BCUT2D eigenvalue weighted by Crippen LogP contribution is -2.24. The molecule has 0 saturated carbocycles. The Balaban J connectivity index is 2.03. The molecule has 90 valence electrons. The van der Waals surface area contributed by atoms with Crippen molar-refractivity contribution in [2.24, 2.45) is 7.05 Å². The summed E-state index contributed by atoms with van der Waals surface area (Å²) in [5.41, 5.74) is 6.97. The molecule has 17 heavy (non-hydrogen) atoms. The van der Waals surface area contributed by atoms with E-state index in [1.165, 1.54) is 0 Å². The van der Waals surface area contributed by atoms with Crippen LogP contribution in [0.3, 0.4) is 0 Å². The first kappa shape index (κ1) is 11.7. The van der Waals surface area contributed by atoms with Crippen LogP contribution in [0.5, 0.6) is 0 Å². The van der Waals surface area contributed by atoms with Crippen molar-refractivity contribution in [3.63, 3.8) is 0 Å². The van der Waals surface area contributed by atoms with E-state index < -0.39 is 0 Å². The number of nitrogens with two attached hydrogens (primary N) is 1. The van der Waals surface area contributed by atoms with Gasteiger partial charge in [0.2, 0.25) is 0 Å². The molecule has 0 unspecified atom stereocenters. The summed E-state index contributed by atoms with van der Waals surface area (Å²) in [5.74, 6) is 0.317. The first-order valence-corrected chi connectivity index (χ1v) is 5.75. The van der Waals surface area contributed by atoms with E-state index >= 15 is 0 Å². The van der Waals surface area contributed by atoms with Gasteiger partial charge in [0.25, 0.3) is 5.91 Å². The number of aromatic amines is 1. The lowest BCUT2D eigenvalue weighted by molar-refractivity contribution is 0.0943. The summed E-state index contributed by atoms with van der Waals surface area (Å²) in [6, 6.07) is 1.76. The molecule has 0 saturated heterocycles.